The molecule has 3 heteroatoms. The molecule has 88 valence electrons. The molecule has 2 nitrogen and oxygen atoms in total. The highest BCUT2D eigenvalue weighted by Gasteiger charge is 2.01. The number of aryl methyl sites for hydroxylation is 2. The topological polar surface area (TPSA) is 38.9 Å². The van der Waals surface area contributed by atoms with E-state index in [1.165, 1.54) is 10.5 Å². The molecule has 0 aliphatic rings. The Bertz CT molecular complexity index is 483. The van der Waals surface area contributed by atoms with Crippen molar-refractivity contribution in [3.8, 4) is 0 Å². The van der Waals surface area contributed by atoms with Crippen molar-refractivity contribution in [2.45, 2.75) is 18.2 Å². The highest BCUT2D eigenvalue weighted by Crippen LogP contribution is 2.20. The molecular weight excluding hydrogens is 228 g/mol. The molecule has 0 unspecified atom stereocenters. The summed E-state index contributed by atoms with van der Waals surface area (Å²) in [5, 5.41) is 0. The molecule has 2 rings (SSSR count). The highest BCUT2D eigenvalue weighted by atomic mass is 32.2. The number of aromatic nitrogens is 1. The number of anilines is 1. The van der Waals surface area contributed by atoms with E-state index >= 15 is 0 Å². The third-order valence-electron chi connectivity index (χ3n) is 2.52. The van der Waals surface area contributed by atoms with Gasteiger partial charge in [0.05, 0.1) is 0 Å². The lowest BCUT2D eigenvalue weighted by Gasteiger charge is -2.05. The lowest BCUT2D eigenvalue weighted by molar-refractivity contribution is 1.11. The van der Waals surface area contributed by atoms with Crippen LogP contribution in [0, 0.1) is 6.92 Å². The van der Waals surface area contributed by atoms with Crippen molar-refractivity contribution < 1.29 is 0 Å². The molecule has 1 aromatic carbocycles. The Morgan fingerprint density at radius 2 is 2.00 bits per heavy atom. The van der Waals surface area contributed by atoms with Crippen molar-refractivity contribution in [1.29, 1.82) is 0 Å². The van der Waals surface area contributed by atoms with Gasteiger partial charge >= 0.3 is 0 Å². The largest absolute Gasteiger partial charge is 0.383 e. The number of hydrogen-bond donors (Lipinski definition) is 1. The third kappa shape index (κ3) is 3.49. The molecule has 0 atom stereocenters. The quantitative estimate of drug-likeness (QED) is 0.839. The molecule has 0 spiro atoms. The van der Waals surface area contributed by atoms with Gasteiger partial charge in [0.15, 0.2) is 0 Å². The first-order valence-corrected chi connectivity index (χ1v) is 6.63. The molecule has 0 amide bonds. The minimum absolute atomic E-state index is 0.657. The predicted molar refractivity (Wildman–Crippen MR) is 74.3 cm³/mol. The number of nitrogens with two attached hydrogens (primary N) is 1. The van der Waals surface area contributed by atoms with Gasteiger partial charge in [-0.2, -0.15) is 0 Å². The molecular formula is C14H16N2S. The van der Waals surface area contributed by atoms with Gasteiger partial charge in [-0.15, -0.1) is 11.8 Å². The van der Waals surface area contributed by atoms with Gasteiger partial charge in [0, 0.05) is 16.8 Å². The van der Waals surface area contributed by atoms with Crippen LogP contribution in [0.2, 0.25) is 0 Å². The average Bonchev–Trinajstić information content (AvgIpc) is 2.35. The maximum absolute atomic E-state index is 5.85. The molecule has 0 aliphatic carbocycles. The van der Waals surface area contributed by atoms with E-state index in [1.54, 1.807) is 0 Å². The van der Waals surface area contributed by atoms with Gasteiger partial charge in [-0.1, -0.05) is 24.3 Å². The first-order valence-electron chi connectivity index (χ1n) is 5.64. The smallest absolute Gasteiger partial charge is 0.126 e. The second-order valence-electron chi connectivity index (χ2n) is 3.97. The number of thioether (sulfide) groups is 1. The van der Waals surface area contributed by atoms with E-state index < -0.39 is 0 Å². The summed E-state index contributed by atoms with van der Waals surface area (Å²) >= 11 is 1.85. The van der Waals surface area contributed by atoms with Crippen molar-refractivity contribution in [2.75, 3.05) is 11.5 Å². The molecule has 2 aromatic rings. The minimum atomic E-state index is 0.657. The SMILES string of the molecule is Cc1cnc(N)c(CCSc2ccccc2)c1. The number of pyridine rings is 1. The minimum Gasteiger partial charge on any atom is -0.383 e. The summed E-state index contributed by atoms with van der Waals surface area (Å²) in [4.78, 5) is 5.47. The van der Waals surface area contributed by atoms with Gasteiger partial charge in [0.25, 0.3) is 0 Å². The summed E-state index contributed by atoms with van der Waals surface area (Å²) in [6.07, 6.45) is 2.77. The summed E-state index contributed by atoms with van der Waals surface area (Å²) in [6.45, 7) is 2.04. The summed E-state index contributed by atoms with van der Waals surface area (Å²) in [7, 11) is 0. The Morgan fingerprint density at radius 1 is 1.24 bits per heavy atom. The van der Waals surface area contributed by atoms with E-state index in [4.69, 9.17) is 5.73 Å². The lowest BCUT2D eigenvalue weighted by atomic mass is 10.1. The maximum atomic E-state index is 5.85. The Kier molecular flexibility index (Phi) is 4.04. The van der Waals surface area contributed by atoms with Crippen LogP contribution in [0.25, 0.3) is 0 Å². The van der Waals surface area contributed by atoms with E-state index in [0.717, 1.165) is 17.7 Å². The Morgan fingerprint density at radius 3 is 2.76 bits per heavy atom. The number of rotatable bonds is 4. The van der Waals surface area contributed by atoms with E-state index in [9.17, 15) is 0 Å². The van der Waals surface area contributed by atoms with Crippen molar-refractivity contribution >= 4 is 17.6 Å². The summed E-state index contributed by atoms with van der Waals surface area (Å²) in [5.74, 6) is 1.68. The van der Waals surface area contributed by atoms with Crippen LogP contribution >= 0.6 is 11.8 Å². The molecule has 0 aliphatic heterocycles. The molecule has 17 heavy (non-hydrogen) atoms. The average molecular weight is 244 g/mol. The van der Waals surface area contributed by atoms with Gasteiger partial charge in [-0.25, -0.2) is 4.98 Å². The van der Waals surface area contributed by atoms with Crippen LogP contribution in [0.4, 0.5) is 5.82 Å². The predicted octanol–water partition coefficient (Wildman–Crippen LogP) is 3.31. The van der Waals surface area contributed by atoms with Gasteiger partial charge in [-0.05, 0) is 36.6 Å². The molecule has 1 aromatic heterocycles. The van der Waals surface area contributed by atoms with Gasteiger partial charge < -0.3 is 5.73 Å². The van der Waals surface area contributed by atoms with E-state index in [-0.39, 0.29) is 0 Å². The van der Waals surface area contributed by atoms with Crippen molar-refractivity contribution in [1.82, 2.24) is 4.98 Å². The van der Waals surface area contributed by atoms with Crippen LogP contribution in [-0.4, -0.2) is 10.7 Å². The van der Waals surface area contributed by atoms with E-state index in [2.05, 4.69) is 35.3 Å². The molecule has 2 N–H and O–H groups in total. The molecule has 1 heterocycles. The zero-order valence-corrected chi connectivity index (χ0v) is 10.7. The highest BCUT2D eigenvalue weighted by molar-refractivity contribution is 7.99. The number of hydrogen-bond acceptors (Lipinski definition) is 3. The first kappa shape index (κ1) is 12.0. The fraction of sp³-hybridized carbons (Fsp3) is 0.214. The fourth-order valence-corrected chi connectivity index (χ4v) is 2.54. The molecule has 0 radical (unpaired) electrons. The van der Waals surface area contributed by atoms with Gasteiger partial charge in [0.2, 0.25) is 0 Å². The van der Waals surface area contributed by atoms with Crippen molar-refractivity contribution in [3.05, 3.63) is 53.7 Å². The summed E-state index contributed by atoms with van der Waals surface area (Å²) in [6, 6.07) is 12.5. The van der Waals surface area contributed by atoms with Gasteiger partial charge in [-0.3, -0.25) is 0 Å². The number of nitrogen functional groups attached to an aromatic ring is 1. The van der Waals surface area contributed by atoms with Gasteiger partial charge in [0.1, 0.15) is 5.82 Å². The van der Waals surface area contributed by atoms with Crippen LogP contribution in [0.15, 0.2) is 47.5 Å². The van der Waals surface area contributed by atoms with E-state index in [1.807, 2.05) is 30.9 Å². The number of nitrogens with zero attached hydrogens (tertiary/aromatic N) is 1. The van der Waals surface area contributed by atoms with Crippen LogP contribution in [-0.2, 0) is 6.42 Å². The first-order chi connectivity index (χ1) is 8.25. The molecule has 0 saturated carbocycles. The second kappa shape index (κ2) is 5.73. The Balaban J connectivity index is 1.92. The zero-order valence-electron chi connectivity index (χ0n) is 9.89. The molecule has 0 fully saturated rings. The standard InChI is InChI=1S/C14H16N2S/c1-11-9-12(14(15)16-10-11)7-8-17-13-5-3-2-4-6-13/h2-6,9-10H,7-8H2,1H3,(H2,15,16). The monoisotopic (exact) mass is 244 g/mol. The third-order valence-corrected chi connectivity index (χ3v) is 3.54. The van der Waals surface area contributed by atoms with Crippen LogP contribution in [0.1, 0.15) is 11.1 Å². The molecule has 0 saturated heterocycles. The summed E-state index contributed by atoms with van der Waals surface area (Å²) < 4.78 is 0. The lowest BCUT2D eigenvalue weighted by Crippen LogP contribution is -1.99. The van der Waals surface area contributed by atoms with E-state index in [0.29, 0.717) is 5.82 Å². The van der Waals surface area contributed by atoms with Crippen LogP contribution in [0.3, 0.4) is 0 Å². The molecule has 0 bridgehead atoms. The zero-order chi connectivity index (χ0) is 12.1. The van der Waals surface area contributed by atoms with Crippen molar-refractivity contribution in [2.24, 2.45) is 0 Å². The van der Waals surface area contributed by atoms with Crippen molar-refractivity contribution in [3.63, 3.8) is 0 Å². The normalized spacial score (nSPS) is 10.4. The Labute approximate surface area is 106 Å². The summed E-state index contributed by atoms with van der Waals surface area (Å²) in [5.41, 5.74) is 8.16. The maximum Gasteiger partial charge on any atom is 0.126 e. The fourth-order valence-electron chi connectivity index (χ4n) is 1.64. The van der Waals surface area contributed by atoms with Crippen LogP contribution in [0.5, 0.6) is 0 Å². The second-order valence-corrected chi connectivity index (χ2v) is 5.14. The number of benzene rings is 1. The van der Waals surface area contributed by atoms with Crippen LogP contribution < -0.4 is 5.73 Å². The Hall–Kier alpha value is -1.48.